The molecule has 88 valence electrons. The summed E-state index contributed by atoms with van der Waals surface area (Å²) in [7, 11) is 0. The molecule has 1 unspecified atom stereocenters. The summed E-state index contributed by atoms with van der Waals surface area (Å²) >= 11 is 0. The molecule has 16 heavy (non-hydrogen) atoms. The highest BCUT2D eigenvalue weighted by molar-refractivity contribution is 5.71. The van der Waals surface area contributed by atoms with Gasteiger partial charge in [0.05, 0.1) is 6.54 Å². The van der Waals surface area contributed by atoms with Crippen LogP contribution in [0.4, 0.5) is 0 Å². The van der Waals surface area contributed by atoms with Gasteiger partial charge in [-0.25, -0.2) is 0 Å². The van der Waals surface area contributed by atoms with Crippen LogP contribution in [-0.2, 0) is 16.1 Å². The summed E-state index contributed by atoms with van der Waals surface area (Å²) in [4.78, 5) is 10.9. The quantitative estimate of drug-likeness (QED) is 0.775. The maximum Gasteiger partial charge on any atom is 0.320 e. The number of rotatable bonds is 5. The first-order valence-electron chi connectivity index (χ1n) is 5.62. The van der Waals surface area contributed by atoms with Gasteiger partial charge in [0, 0.05) is 0 Å². The van der Waals surface area contributed by atoms with Crippen molar-refractivity contribution in [3.63, 3.8) is 0 Å². The Morgan fingerprint density at radius 3 is 2.50 bits per heavy atom. The summed E-state index contributed by atoms with van der Waals surface area (Å²) < 4.78 is 4.94. The Labute approximate surface area is 96.6 Å². The third-order valence-electron chi connectivity index (χ3n) is 2.73. The summed E-state index contributed by atoms with van der Waals surface area (Å²) in [5, 5.41) is 0. The van der Waals surface area contributed by atoms with Gasteiger partial charge in [0.25, 0.3) is 0 Å². The minimum absolute atomic E-state index is 0.0645. The molecule has 0 aliphatic rings. The molecule has 1 aromatic rings. The van der Waals surface area contributed by atoms with E-state index >= 15 is 0 Å². The van der Waals surface area contributed by atoms with E-state index < -0.39 is 0 Å². The van der Waals surface area contributed by atoms with Crippen molar-refractivity contribution in [2.45, 2.75) is 32.8 Å². The fraction of sp³-hybridized carbons (Fsp3) is 0.462. The molecule has 0 saturated carbocycles. The van der Waals surface area contributed by atoms with Crippen LogP contribution in [0, 0.1) is 0 Å². The normalized spacial score (nSPS) is 12.2. The maximum atomic E-state index is 10.9. The van der Waals surface area contributed by atoms with Gasteiger partial charge in [-0.2, -0.15) is 0 Å². The molecule has 0 heterocycles. The van der Waals surface area contributed by atoms with Crippen LogP contribution in [0.1, 0.15) is 37.3 Å². The van der Waals surface area contributed by atoms with Crippen molar-refractivity contribution in [3.05, 3.63) is 35.4 Å². The monoisotopic (exact) mass is 221 g/mol. The largest absolute Gasteiger partial charge is 0.460 e. The Morgan fingerprint density at radius 2 is 2.00 bits per heavy atom. The average Bonchev–Trinajstić information content (AvgIpc) is 2.35. The lowest BCUT2D eigenvalue weighted by Crippen LogP contribution is -2.16. The highest BCUT2D eigenvalue weighted by Crippen LogP contribution is 2.18. The van der Waals surface area contributed by atoms with Crippen molar-refractivity contribution in [2.24, 2.45) is 5.73 Å². The van der Waals surface area contributed by atoms with Crippen molar-refractivity contribution in [1.29, 1.82) is 0 Å². The topological polar surface area (TPSA) is 52.3 Å². The third-order valence-corrected chi connectivity index (χ3v) is 2.73. The standard InChI is InChI=1S/C13H19NO2/c1-3-10(2)12-6-4-11(5-7-12)9-16-13(15)8-14/h4-7,10H,3,8-9,14H2,1-2H3. The van der Waals surface area contributed by atoms with E-state index in [1.165, 1.54) is 5.56 Å². The smallest absolute Gasteiger partial charge is 0.320 e. The predicted octanol–water partition coefficient (Wildman–Crippen LogP) is 2.20. The second-order valence-electron chi connectivity index (χ2n) is 3.92. The first kappa shape index (κ1) is 12.7. The third kappa shape index (κ3) is 3.66. The fourth-order valence-electron chi connectivity index (χ4n) is 1.40. The summed E-state index contributed by atoms with van der Waals surface area (Å²) in [6, 6.07) is 8.15. The van der Waals surface area contributed by atoms with Crippen LogP contribution in [0.25, 0.3) is 0 Å². The SMILES string of the molecule is CCC(C)c1ccc(COC(=O)CN)cc1. The number of ether oxygens (including phenoxy) is 1. The summed E-state index contributed by atoms with van der Waals surface area (Å²) in [5.74, 6) is 0.201. The van der Waals surface area contributed by atoms with Crippen molar-refractivity contribution >= 4 is 5.97 Å². The number of carbonyl (C=O) groups excluding carboxylic acids is 1. The Bertz CT molecular complexity index is 332. The molecule has 0 radical (unpaired) electrons. The van der Waals surface area contributed by atoms with E-state index in [1.54, 1.807) is 0 Å². The zero-order chi connectivity index (χ0) is 12.0. The highest BCUT2D eigenvalue weighted by Gasteiger charge is 2.03. The molecule has 0 fully saturated rings. The van der Waals surface area contributed by atoms with Gasteiger partial charge in [0.2, 0.25) is 0 Å². The van der Waals surface area contributed by atoms with Gasteiger partial charge in [-0.15, -0.1) is 0 Å². The molecule has 0 aliphatic heterocycles. The lowest BCUT2D eigenvalue weighted by Gasteiger charge is -2.09. The van der Waals surface area contributed by atoms with E-state index in [9.17, 15) is 4.79 Å². The van der Waals surface area contributed by atoms with E-state index in [0.29, 0.717) is 12.5 Å². The van der Waals surface area contributed by atoms with Crippen LogP contribution >= 0.6 is 0 Å². The molecular weight excluding hydrogens is 202 g/mol. The van der Waals surface area contributed by atoms with Gasteiger partial charge >= 0.3 is 5.97 Å². The number of nitrogens with two attached hydrogens (primary N) is 1. The van der Waals surface area contributed by atoms with Gasteiger partial charge in [-0.1, -0.05) is 38.1 Å². The number of hydrogen-bond acceptors (Lipinski definition) is 3. The molecule has 2 N–H and O–H groups in total. The van der Waals surface area contributed by atoms with Crippen molar-refractivity contribution in [2.75, 3.05) is 6.54 Å². The summed E-state index contributed by atoms with van der Waals surface area (Å²) in [6.07, 6.45) is 1.13. The van der Waals surface area contributed by atoms with Crippen molar-refractivity contribution in [3.8, 4) is 0 Å². The van der Waals surface area contributed by atoms with Gasteiger partial charge in [-0.05, 0) is 23.5 Å². The van der Waals surface area contributed by atoms with Gasteiger partial charge in [-0.3, -0.25) is 4.79 Å². The molecule has 3 heteroatoms. The minimum Gasteiger partial charge on any atom is -0.460 e. The van der Waals surface area contributed by atoms with Crippen LogP contribution < -0.4 is 5.73 Å². The Morgan fingerprint density at radius 1 is 1.38 bits per heavy atom. The molecular formula is C13H19NO2. The van der Waals surface area contributed by atoms with Crippen molar-refractivity contribution < 1.29 is 9.53 Å². The molecule has 1 rings (SSSR count). The Balaban J connectivity index is 2.54. The summed E-state index contributed by atoms with van der Waals surface area (Å²) in [6.45, 7) is 4.60. The van der Waals surface area contributed by atoms with Crippen LogP contribution in [0.3, 0.4) is 0 Å². The minimum atomic E-state index is -0.369. The van der Waals surface area contributed by atoms with Crippen LogP contribution in [0.15, 0.2) is 24.3 Å². The predicted molar refractivity (Wildman–Crippen MR) is 64.0 cm³/mol. The molecule has 3 nitrogen and oxygen atoms in total. The van der Waals surface area contributed by atoms with E-state index in [4.69, 9.17) is 10.5 Å². The molecule has 0 spiro atoms. The second-order valence-corrected chi connectivity index (χ2v) is 3.92. The second kappa shape index (κ2) is 6.28. The number of hydrogen-bond donors (Lipinski definition) is 1. The molecule has 0 saturated heterocycles. The summed E-state index contributed by atoms with van der Waals surface area (Å²) in [5.41, 5.74) is 7.45. The lowest BCUT2D eigenvalue weighted by molar-refractivity contribution is -0.143. The van der Waals surface area contributed by atoms with Gasteiger partial charge in [0.1, 0.15) is 6.61 Å². The van der Waals surface area contributed by atoms with Crippen molar-refractivity contribution in [1.82, 2.24) is 0 Å². The number of esters is 1. The molecule has 0 aliphatic carbocycles. The lowest BCUT2D eigenvalue weighted by atomic mass is 9.98. The first-order valence-corrected chi connectivity index (χ1v) is 5.62. The molecule has 0 bridgehead atoms. The molecule has 0 amide bonds. The Hall–Kier alpha value is -1.35. The zero-order valence-electron chi connectivity index (χ0n) is 9.90. The van der Waals surface area contributed by atoms with E-state index in [-0.39, 0.29) is 12.5 Å². The fourth-order valence-corrected chi connectivity index (χ4v) is 1.40. The van der Waals surface area contributed by atoms with E-state index in [0.717, 1.165) is 12.0 Å². The first-order chi connectivity index (χ1) is 7.67. The number of benzene rings is 1. The zero-order valence-corrected chi connectivity index (χ0v) is 9.90. The van der Waals surface area contributed by atoms with Crippen LogP contribution in [0.5, 0.6) is 0 Å². The molecule has 0 aromatic heterocycles. The van der Waals surface area contributed by atoms with E-state index in [1.807, 2.05) is 12.1 Å². The van der Waals surface area contributed by atoms with Gasteiger partial charge < -0.3 is 10.5 Å². The average molecular weight is 221 g/mol. The molecule has 1 aromatic carbocycles. The molecule has 1 atom stereocenters. The Kier molecular flexibility index (Phi) is 4.99. The maximum absolute atomic E-state index is 10.9. The van der Waals surface area contributed by atoms with Crippen LogP contribution in [0.2, 0.25) is 0 Å². The van der Waals surface area contributed by atoms with Gasteiger partial charge in [0.15, 0.2) is 0 Å². The van der Waals surface area contributed by atoms with Crippen LogP contribution in [-0.4, -0.2) is 12.5 Å². The number of carbonyl (C=O) groups is 1. The van der Waals surface area contributed by atoms with E-state index in [2.05, 4.69) is 26.0 Å². The highest BCUT2D eigenvalue weighted by atomic mass is 16.5.